The van der Waals surface area contributed by atoms with Crippen LogP contribution in [0.15, 0.2) is 22.7 Å². The van der Waals surface area contributed by atoms with Crippen LogP contribution in [0.2, 0.25) is 0 Å². The molecule has 2 N–H and O–H groups in total. The predicted octanol–water partition coefficient (Wildman–Crippen LogP) is 4.63. The molecule has 3 heteroatoms. The summed E-state index contributed by atoms with van der Waals surface area (Å²) >= 11 is 3.48. The largest absolute Gasteiger partial charge is 0.508 e. The van der Waals surface area contributed by atoms with E-state index < -0.39 is 0 Å². The van der Waals surface area contributed by atoms with E-state index in [-0.39, 0.29) is 6.04 Å². The van der Waals surface area contributed by atoms with E-state index in [1.54, 1.807) is 6.07 Å². The van der Waals surface area contributed by atoms with Crippen LogP contribution >= 0.6 is 15.9 Å². The van der Waals surface area contributed by atoms with Gasteiger partial charge >= 0.3 is 0 Å². The van der Waals surface area contributed by atoms with E-state index in [2.05, 4.69) is 35.1 Å². The molecule has 1 aliphatic carbocycles. The van der Waals surface area contributed by atoms with Gasteiger partial charge in [0.25, 0.3) is 0 Å². The van der Waals surface area contributed by atoms with Gasteiger partial charge < -0.3 is 10.4 Å². The Morgan fingerprint density at radius 3 is 2.84 bits per heavy atom. The van der Waals surface area contributed by atoms with E-state index in [1.807, 2.05) is 12.1 Å². The quantitative estimate of drug-likeness (QED) is 0.827. The molecule has 19 heavy (non-hydrogen) atoms. The Balaban J connectivity index is 2.01. The fourth-order valence-corrected chi connectivity index (χ4v) is 3.48. The van der Waals surface area contributed by atoms with Crippen molar-refractivity contribution in [2.75, 3.05) is 6.54 Å². The van der Waals surface area contributed by atoms with Crippen molar-refractivity contribution in [2.45, 2.75) is 45.6 Å². The Morgan fingerprint density at radius 1 is 1.42 bits per heavy atom. The van der Waals surface area contributed by atoms with Gasteiger partial charge in [-0.05, 0) is 49.4 Å². The first kappa shape index (κ1) is 14.9. The number of aromatic hydroxyl groups is 1. The number of halogens is 1. The van der Waals surface area contributed by atoms with Crippen molar-refractivity contribution in [1.82, 2.24) is 5.32 Å². The fraction of sp³-hybridized carbons (Fsp3) is 0.625. The summed E-state index contributed by atoms with van der Waals surface area (Å²) in [4.78, 5) is 0. The first-order valence-electron chi connectivity index (χ1n) is 7.33. The number of nitrogens with one attached hydrogen (secondary N) is 1. The lowest BCUT2D eigenvalue weighted by Crippen LogP contribution is -2.28. The second kappa shape index (κ2) is 6.76. The minimum atomic E-state index is 0.241. The van der Waals surface area contributed by atoms with Gasteiger partial charge in [0.05, 0.1) is 0 Å². The molecule has 0 bridgehead atoms. The lowest BCUT2D eigenvalue weighted by molar-refractivity contribution is 0.359. The Bertz CT molecular complexity index is 421. The van der Waals surface area contributed by atoms with Crippen molar-refractivity contribution in [2.24, 2.45) is 11.8 Å². The van der Waals surface area contributed by atoms with Crippen LogP contribution in [0.25, 0.3) is 0 Å². The molecule has 0 saturated heterocycles. The second-order valence-corrected chi connectivity index (χ2v) is 6.66. The SMILES string of the molecule is CCC(NCC1CCCC1C)c1cc(Br)ccc1O. The molecule has 0 radical (unpaired) electrons. The van der Waals surface area contributed by atoms with Crippen molar-refractivity contribution < 1.29 is 5.11 Å². The van der Waals surface area contributed by atoms with Gasteiger partial charge in [0.15, 0.2) is 0 Å². The van der Waals surface area contributed by atoms with Crippen LogP contribution in [-0.2, 0) is 0 Å². The third-order valence-corrected chi connectivity index (χ3v) is 4.93. The summed E-state index contributed by atoms with van der Waals surface area (Å²) in [6, 6.07) is 5.91. The number of phenolic OH excluding ortho intramolecular Hbond substituents is 1. The summed E-state index contributed by atoms with van der Waals surface area (Å²) in [5.74, 6) is 2.02. The zero-order chi connectivity index (χ0) is 13.8. The molecule has 1 aliphatic rings. The molecule has 1 saturated carbocycles. The molecule has 0 spiro atoms. The molecule has 2 rings (SSSR count). The fourth-order valence-electron chi connectivity index (χ4n) is 3.10. The minimum Gasteiger partial charge on any atom is -0.508 e. The normalized spacial score (nSPS) is 24.6. The molecule has 3 unspecified atom stereocenters. The highest BCUT2D eigenvalue weighted by atomic mass is 79.9. The lowest BCUT2D eigenvalue weighted by Gasteiger charge is -2.23. The summed E-state index contributed by atoms with van der Waals surface area (Å²) in [6.07, 6.45) is 5.07. The number of benzene rings is 1. The van der Waals surface area contributed by atoms with Gasteiger partial charge in [0, 0.05) is 16.1 Å². The zero-order valence-electron chi connectivity index (χ0n) is 11.8. The Morgan fingerprint density at radius 2 is 2.21 bits per heavy atom. The molecular weight excluding hydrogens is 302 g/mol. The first-order valence-corrected chi connectivity index (χ1v) is 8.13. The Kier molecular flexibility index (Phi) is 5.28. The highest BCUT2D eigenvalue weighted by Crippen LogP contribution is 2.33. The molecule has 1 aromatic rings. The first-order chi connectivity index (χ1) is 9.11. The number of rotatable bonds is 5. The molecule has 0 amide bonds. The highest BCUT2D eigenvalue weighted by Gasteiger charge is 2.24. The summed E-state index contributed by atoms with van der Waals surface area (Å²) in [5.41, 5.74) is 1.00. The average Bonchev–Trinajstić information content (AvgIpc) is 2.80. The molecular formula is C16H24BrNO. The maximum Gasteiger partial charge on any atom is 0.120 e. The van der Waals surface area contributed by atoms with Crippen LogP contribution in [0.3, 0.4) is 0 Å². The second-order valence-electron chi connectivity index (χ2n) is 5.74. The van der Waals surface area contributed by atoms with Gasteiger partial charge in [-0.2, -0.15) is 0 Å². The number of phenols is 1. The van der Waals surface area contributed by atoms with Crippen LogP contribution in [0.1, 0.15) is 51.1 Å². The Hall–Kier alpha value is -0.540. The van der Waals surface area contributed by atoms with Gasteiger partial charge in [-0.1, -0.05) is 42.6 Å². The summed E-state index contributed by atoms with van der Waals surface area (Å²) in [6.45, 7) is 5.58. The van der Waals surface area contributed by atoms with Crippen LogP contribution in [0.5, 0.6) is 5.75 Å². The summed E-state index contributed by atoms with van der Waals surface area (Å²) < 4.78 is 1.02. The molecule has 0 heterocycles. The Labute approximate surface area is 124 Å². The molecule has 0 aliphatic heterocycles. The van der Waals surface area contributed by atoms with Crippen LogP contribution in [0.4, 0.5) is 0 Å². The van der Waals surface area contributed by atoms with Crippen molar-refractivity contribution in [3.63, 3.8) is 0 Å². The van der Waals surface area contributed by atoms with Gasteiger partial charge in [-0.3, -0.25) is 0 Å². The summed E-state index contributed by atoms with van der Waals surface area (Å²) in [5, 5.41) is 13.7. The molecule has 1 fully saturated rings. The van der Waals surface area contributed by atoms with Crippen LogP contribution in [0, 0.1) is 11.8 Å². The smallest absolute Gasteiger partial charge is 0.120 e. The van der Waals surface area contributed by atoms with Crippen molar-refractivity contribution in [3.05, 3.63) is 28.2 Å². The van der Waals surface area contributed by atoms with E-state index in [0.29, 0.717) is 5.75 Å². The number of hydrogen-bond acceptors (Lipinski definition) is 2. The van der Waals surface area contributed by atoms with Crippen molar-refractivity contribution in [3.8, 4) is 5.75 Å². The average molecular weight is 326 g/mol. The molecule has 2 nitrogen and oxygen atoms in total. The predicted molar refractivity (Wildman–Crippen MR) is 83.3 cm³/mol. The van der Waals surface area contributed by atoms with E-state index >= 15 is 0 Å². The van der Waals surface area contributed by atoms with E-state index in [0.717, 1.165) is 34.8 Å². The molecule has 3 atom stereocenters. The van der Waals surface area contributed by atoms with E-state index in [4.69, 9.17) is 0 Å². The monoisotopic (exact) mass is 325 g/mol. The van der Waals surface area contributed by atoms with E-state index in [9.17, 15) is 5.11 Å². The third-order valence-electron chi connectivity index (χ3n) is 4.44. The maximum atomic E-state index is 10.0. The van der Waals surface area contributed by atoms with Gasteiger partial charge in [-0.15, -0.1) is 0 Å². The standard InChI is InChI=1S/C16H24BrNO/c1-3-15(14-9-13(17)7-8-16(14)19)18-10-12-6-4-5-11(12)2/h7-9,11-12,15,18-19H,3-6,10H2,1-2H3. The van der Waals surface area contributed by atoms with Gasteiger partial charge in [0.2, 0.25) is 0 Å². The minimum absolute atomic E-state index is 0.241. The van der Waals surface area contributed by atoms with E-state index in [1.165, 1.54) is 19.3 Å². The maximum absolute atomic E-state index is 10.0. The number of hydrogen-bond donors (Lipinski definition) is 2. The molecule has 0 aromatic heterocycles. The van der Waals surface area contributed by atoms with Crippen molar-refractivity contribution >= 4 is 15.9 Å². The van der Waals surface area contributed by atoms with Crippen LogP contribution < -0.4 is 5.32 Å². The third kappa shape index (κ3) is 3.73. The molecule has 106 valence electrons. The van der Waals surface area contributed by atoms with Gasteiger partial charge in [-0.25, -0.2) is 0 Å². The summed E-state index contributed by atoms with van der Waals surface area (Å²) in [7, 11) is 0. The van der Waals surface area contributed by atoms with Crippen LogP contribution in [-0.4, -0.2) is 11.7 Å². The topological polar surface area (TPSA) is 32.3 Å². The highest BCUT2D eigenvalue weighted by molar-refractivity contribution is 9.10. The van der Waals surface area contributed by atoms with Gasteiger partial charge in [0.1, 0.15) is 5.75 Å². The zero-order valence-corrected chi connectivity index (χ0v) is 13.4. The molecule has 1 aromatic carbocycles. The lowest BCUT2D eigenvalue weighted by atomic mass is 9.96. The van der Waals surface area contributed by atoms with Crippen molar-refractivity contribution in [1.29, 1.82) is 0 Å².